The lowest BCUT2D eigenvalue weighted by Crippen LogP contribution is -2.32. The molecule has 3 aromatic rings. The molecule has 3 aromatic heterocycles. The minimum Gasteiger partial charge on any atom is -0.393 e. The summed E-state index contributed by atoms with van der Waals surface area (Å²) in [5, 5.41) is 24.2. The van der Waals surface area contributed by atoms with Crippen LogP contribution < -0.4 is 10.6 Å². The third-order valence-corrected chi connectivity index (χ3v) is 5.24. The van der Waals surface area contributed by atoms with E-state index < -0.39 is 0 Å². The van der Waals surface area contributed by atoms with E-state index in [1.165, 1.54) is 10.6 Å². The second kappa shape index (κ2) is 7.55. The minimum atomic E-state index is -0.0695. The fraction of sp³-hybridized carbons (Fsp3) is 0.400. The zero-order chi connectivity index (χ0) is 19.7. The molecule has 4 rings (SSSR count). The van der Waals surface area contributed by atoms with E-state index in [4.69, 9.17) is 15.0 Å². The topological polar surface area (TPSA) is 89.8 Å². The fourth-order valence-electron chi connectivity index (χ4n) is 3.58. The van der Waals surface area contributed by atoms with Crippen LogP contribution in [-0.4, -0.2) is 48.4 Å². The van der Waals surface area contributed by atoms with Crippen LogP contribution in [0.4, 0.5) is 0 Å². The third kappa shape index (κ3) is 3.31. The summed E-state index contributed by atoms with van der Waals surface area (Å²) in [4.78, 5) is 9.57. The monoisotopic (exact) mass is 380 g/mol. The van der Waals surface area contributed by atoms with Gasteiger partial charge in [0.05, 0.1) is 30.0 Å². The van der Waals surface area contributed by atoms with Gasteiger partial charge in [-0.25, -0.2) is 9.50 Å². The molecule has 0 saturated heterocycles. The molecule has 0 bridgehead atoms. The summed E-state index contributed by atoms with van der Waals surface area (Å²) >= 11 is 0. The molecule has 0 amide bonds. The van der Waals surface area contributed by atoms with Crippen molar-refractivity contribution in [2.75, 3.05) is 13.2 Å². The molecule has 0 radical (unpaired) electrons. The lowest BCUT2D eigenvalue weighted by atomic mass is 9.86. The highest BCUT2D eigenvalue weighted by Crippen LogP contribution is 2.29. The number of hydrogen-bond donors (Lipinski definition) is 1. The summed E-state index contributed by atoms with van der Waals surface area (Å²) in [6, 6.07) is 3.81. The molecule has 1 aliphatic rings. The van der Waals surface area contributed by atoms with Crippen LogP contribution in [0, 0.1) is 5.92 Å². The first-order valence-corrected chi connectivity index (χ1v) is 9.41. The molecular weight excluding hydrogens is 356 g/mol. The zero-order valence-corrected chi connectivity index (χ0v) is 16.3. The molecule has 146 valence electrons. The van der Waals surface area contributed by atoms with E-state index in [2.05, 4.69) is 34.3 Å². The van der Waals surface area contributed by atoms with E-state index in [1.54, 1.807) is 0 Å². The number of imidazole rings is 1. The quantitative estimate of drug-likeness (QED) is 0.384. The predicted molar refractivity (Wildman–Crippen MR) is 106 cm³/mol. The maximum atomic E-state index is 8.81. The van der Waals surface area contributed by atoms with E-state index in [9.17, 15) is 0 Å². The van der Waals surface area contributed by atoms with Crippen LogP contribution >= 0.6 is 0 Å². The van der Waals surface area contributed by atoms with Crippen molar-refractivity contribution in [2.24, 2.45) is 18.1 Å². The van der Waals surface area contributed by atoms with Gasteiger partial charge in [-0.15, -0.1) is 0 Å². The van der Waals surface area contributed by atoms with Gasteiger partial charge in [0.15, 0.2) is 5.65 Å². The fourth-order valence-corrected chi connectivity index (χ4v) is 3.58. The average molecular weight is 380 g/mol. The van der Waals surface area contributed by atoms with Crippen LogP contribution in [0.5, 0.6) is 0 Å². The van der Waals surface area contributed by atoms with Crippen molar-refractivity contribution in [1.29, 1.82) is 0 Å². The molecule has 0 aliphatic heterocycles. The molecule has 2 atom stereocenters. The Morgan fingerprint density at radius 3 is 3.07 bits per heavy atom. The molecule has 28 heavy (non-hydrogen) atoms. The molecular formula is C20H24N6O2. The highest BCUT2D eigenvalue weighted by Gasteiger charge is 2.22. The van der Waals surface area contributed by atoms with Gasteiger partial charge in [-0.1, -0.05) is 24.2 Å². The highest BCUT2D eigenvalue weighted by atomic mass is 16.6. The summed E-state index contributed by atoms with van der Waals surface area (Å²) in [5.74, 6) is 0.593. The van der Waals surface area contributed by atoms with Crippen molar-refractivity contribution >= 4 is 23.5 Å². The van der Waals surface area contributed by atoms with Gasteiger partial charge < -0.3 is 9.94 Å². The Balaban J connectivity index is 1.66. The van der Waals surface area contributed by atoms with Gasteiger partial charge in [0.1, 0.15) is 18.0 Å². The maximum Gasteiger partial charge on any atom is 0.153 e. The first kappa shape index (κ1) is 18.4. The van der Waals surface area contributed by atoms with Crippen molar-refractivity contribution in [3.05, 3.63) is 46.5 Å². The highest BCUT2D eigenvalue weighted by molar-refractivity contribution is 5.96. The smallest absolute Gasteiger partial charge is 0.153 e. The number of oxime groups is 1. The Labute approximate surface area is 162 Å². The number of fused-ring (bicyclic) bond motifs is 2. The molecule has 0 aromatic carbocycles. The van der Waals surface area contributed by atoms with E-state index >= 15 is 0 Å². The van der Waals surface area contributed by atoms with E-state index in [0.29, 0.717) is 17.3 Å². The molecule has 3 heterocycles. The molecule has 0 fully saturated rings. The van der Waals surface area contributed by atoms with Gasteiger partial charge in [0.25, 0.3) is 0 Å². The number of aromatic nitrogens is 5. The Bertz CT molecular complexity index is 1140. The van der Waals surface area contributed by atoms with Gasteiger partial charge in [0.2, 0.25) is 0 Å². The Morgan fingerprint density at radius 1 is 1.39 bits per heavy atom. The standard InChI is InChI=1S/C20H24N6O2/c1-13(15-4-6-18-16(10-15)11-22-25(18)3)19-12-21-20-7-5-17(23-26(19)20)14(2)24-28-9-8-27/h5-7,10-13,15,27H,4,8-9H2,1-3H3/b24-14+. The summed E-state index contributed by atoms with van der Waals surface area (Å²) in [7, 11) is 1.97. The van der Waals surface area contributed by atoms with Gasteiger partial charge >= 0.3 is 0 Å². The SMILES string of the molecule is C/C(=N\OCCO)c1ccc2ncc(C(C)C3C=c4cnn(C)c4=CC3)n2n1. The summed E-state index contributed by atoms with van der Waals surface area (Å²) in [6.45, 7) is 4.14. The predicted octanol–water partition coefficient (Wildman–Crippen LogP) is 0.580. The normalized spacial score (nSPS) is 17.7. The minimum absolute atomic E-state index is 0.0695. The van der Waals surface area contributed by atoms with Crippen molar-refractivity contribution in [3.63, 3.8) is 0 Å². The lowest BCUT2D eigenvalue weighted by molar-refractivity contribution is 0.0986. The largest absolute Gasteiger partial charge is 0.393 e. The maximum absolute atomic E-state index is 8.81. The summed E-state index contributed by atoms with van der Waals surface area (Å²) < 4.78 is 3.80. The average Bonchev–Trinajstić information content (AvgIpc) is 3.30. The Morgan fingerprint density at radius 2 is 2.25 bits per heavy atom. The van der Waals surface area contributed by atoms with E-state index in [0.717, 1.165) is 17.8 Å². The zero-order valence-electron chi connectivity index (χ0n) is 16.3. The molecule has 2 unspecified atom stereocenters. The number of hydrogen-bond acceptors (Lipinski definition) is 6. The Kier molecular flexibility index (Phi) is 4.95. The molecule has 1 N–H and O–H groups in total. The van der Waals surface area contributed by atoms with Gasteiger partial charge in [-0.3, -0.25) is 4.68 Å². The van der Waals surface area contributed by atoms with Crippen molar-refractivity contribution in [3.8, 4) is 0 Å². The molecule has 0 spiro atoms. The van der Waals surface area contributed by atoms with Gasteiger partial charge in [0, 0.05) is 18.2 Å². The van der Waals surface area contributed by atoms with Gasteiger partial charge in [-0.05, 0) is 31.4 Å². The summed E-state index contributed by atoms with van der Waals surface area (Å²) in [5.41, 5.74) is 3.23. The number of nitrogens with zero attached hydrogens (tertiary/aromatic N) is 6. The van der Waals surface area contributed by atoms with E-state index in [-0.39, 0.29) is 19.1 Å². The van der Waals surface area contributed by atoms with Gasteiger partial charge in [-0.2, -0.15) is 10.2 Å². The van der Waals surface area contributed by atoms with Crippen molar-refractivity contribution in [2.45, 2.75) is 26.2 Å². The number of aliphatic hydroxyl groups excluding tert-OH is 1. The molecule has 8 heteroatoms. The second-order valence-corrected chi connectivity index (χ2v) is 7.07. The number of aryl methyl sites for hydroxylation is 1. The molecule has 1 aliphatic carbocycles. The molecule has 8 nitrogen and oxygen atoms in total. The first-order chi connectivity index (χ1) is 13.6. The van der Waals surface area contributed by atoms with Crippen LogP contribution in [0.2, 0.25) is 0 Å². The first-order valence-electron chi connectivity index (χ1n) is 9.41. The van der Waals surface area contributed by atoms with Crippen LogP contribution in [0.25, 0.3) is 17.8 Å². The van der Waals surface area contributed by atoms with Crippen LogP contribution in [0.15, 0.2) is 29.7 Å². The van der Waals surface area contributed by atoms with Crippen LogP contribution in [0.1, 0.15) is 37.6 Å². The lowest BCUT2D eigenvalue weighted by Gasteiger charge is -2.20. The van der Waals surface area contributed by atoms with Crippen LogP contribution in [-0.2, 0) is 11.9 Å². The van der Waals surface area contributed by atoms with Crippen LogP contribution in [0.3, 0.4) is 0 Å². The Hall–Kier alpha value is -3.00. The van der Waals surface area contributed by atoms with Crippen molar-refractivity contribution < 1.29 is 9.94 Å². The third-order valence-electron chi connectivity index (χ3n) is 5.24. The van der Waals surface area contributed by atoms with E-state index in [1.807, 2.05) is 47.7 Å². The van der Waals surface area contributed by atoms with Crippen molar-refractivity contribution in [1.82, 2.24) is 24.4 Å². The summed E-state index contributed by atoms with van der Waals surface area (Å²) in [6.07, 6.45) is 9.32. The second-order valence-electron chi connectivity index (χ2n) is 7.07. The number of aliphatic hydroxyl groups is 1. The molecule has 0 saturated carbocycles. The number of rotatable bonds is 6.